The molecule has 0 unspecified atom stereocenters. The topological polar surface area (TPSA) is 80.5 Å². The van der Waals surface area contributed by atoms with Crippen LogP contribution in [0.5, 0.6) is 0 Å². The normalized spacial score (nSPS) is 11.7. The average molecular weight is 229 g/mol. The molecule has 1 heterocycles. The molecular weight excluding hydrogens is 223 g/mol. The van der Waals surface area contributed by atoms with Gasteiger partial charge in [-0.1, -0.05) is 0 Å². The van der Waals surface area contributed by atoms with Gasteiger partial charge in [-0.05, 0) is 23.4 Å². The molecule has 1 aromatic heterocycles. The molecule has 3 N–H and O–H groups in total. The van der Waals surface area contributed by atoms with Crippen molar-refractivity contribution in [3.05, 3.63) is 23.8 Å². The first kappa shape index (κ1) is 10.4. The van der Waals surface area contributed by atoms with Crippen molar-refractivity contribution in [1.82, 2.24) is 20.6 Å². The highest BCUT2D eigenvalue weighted by atomic mass is 19.4. The average Bonchev–Trinajstić information content (AvgIpc) is 2.69. The molecule has 0 spiro atoms. The van der Waals surface area contributed by atoms with E-state index in [0.717, 1.165) is 18.2 Å². The Morgan fingerprint density at radius 1 is 1.25 bits per heavy atom. The maximum atomic E-state index is 12.4. The van der Waals surface area contributed by atoms with Gasteiger partial charge in [0.05, 0.1) is 5.56 Å². The van der Waals surface area contributed by atoms with Crippen LogP contribution in [0.1, 0.15) is 5.56 Å². The number of halogens is 3. The van der Waals surface area contributed by atoms with E-state index in [0.29, 0.717) is 0 Å². The molecule has 2 aromatic rings. The van der Waals surface area contributed by atoms with E-state index in [1.807, 2.05) is 0 Å². The van der Waals surface area contributed by atoms with Crippen LogP contribution in [0.4, 0.5) is 18.9 Å². The standard InChI is InChI=1S/C8H6F3N5/c9-8(10,11)4-1-2-6(12)5(3-4)7-13-15-16-14-7/h1-3H,12H2,(H,13,14,15,16). The van der Waals surface area contributed by atoms with Crippen LogP contribution in [0.3, 0.4) is 0 Å². The zero-order valence-corrected chi connectivity index (χ0v) is 7.78. The summed E-state index contributed by atoms with van der Waals surface area (Å²) < 4.78 is 37.3. The molecule has 0 aliphatic carbocycles. The van der Waals surface area contributed by atoms with Crippen LogP contribution in [0.25, 0.3) is 11.4 Å². The van der Waals surface area contributed by atoms with Crippen LogP contribution < -0.4 is 5.73 Å². The number of nitrogens with one attached hydrogen (secondary N) is 1. The van der Waals surface area contributed by atoms with Gasteiger partial charge in [-0.25, -0.2) is 0 Å². The van der Waals surface area contributed by atoms with E-state index in [1.54, 1.807) is 0 Å². The van der Waals surface area contributed by atoms with Gasteiger partial charge in [-0.2, -0.15) is 18.4 Å². The summed E-state index contributed by atoms with van der Waals surface area (Å²) in [6.45, 7) is 0. The second kappa shape index (κ2) is 3.47. The Balaban J connectivity index is 2.54. The fourth-order valence-corrected chi connectivity index (χ4v) is 1.20. The smallest absolute Gasteiger partial charge is 0.398 e. The lowest BCUT2D eigenvalue weighted by Crippen LogP contribution is -2.06. The molecule has 0 radical (unpaired) electrons. The molecular formula is C8H6F3N5. The van der Waals surface area contributed by atoms with E-state index in [1.165, 1.54) is 0 Å². The predicted octanol–water partition coefficient (Wildman–Crippen LogP) is 1.47. The SMILES string of the molecule is Nc1ccc(C(F)(F)F)cc1-c1nn[nH]n1. The van der Waals surface area contributed by atoms with Crippen LogP contribution in [0.2, 0.25) is 0 Å². The lowest BCUT2D eigenvalue weighted by atomic mass is 10.1. The van der Waals surface area contributed by atoms with Gasteiger partial charge in [0, 0.05) is 11.3 Å². The molecule has 0 fully saturated rings. The van der Waals surface area contributed by atoms with Gasteiger partial charge < -0.3 is 5.73 Å². The van der Waals surface area contributed by atoms with Gasteiger partial charge in [-0.15, -0.1) is 10.2 Å². The number of aromatic amines is 1. The summed E-state index contributed by atoms with van der Waals surface area (Å²) in [6.07, 6.45) is -4.42. The number of benzene rings is 1. The summed E-state index contributed by atoms with van der Waals surface area (Å²) in [6, 6.07) is 2.95. The Morgan fingerprint density at radius 3 is 2.56 bits per heavy atom. The molecule has 5 nitrogen and oxygen atoms in total. The van der Waals surface area contributed by atoms with Crippen molar-refractivity contribution in [2.24, 2.45) is 0 Å². The van der Waals surface area contributed by atoms with Gasteiger partial charge >= 0.3 is 6.18 Å². The van der Waals surface area contributed by atoms with E-state index in [4.69, 9.17) is 5.73 Å². The van der Waals surface area contributed by atoms with Crippen molar-refractivity contribution in [2.75, 3.05) is 5.73 Å². The predicted molar refractivity (Wildman–Crippen MR) is 49.0 cm³/mol. The van der Waals surface area contributed by atoms with Crippen LogP contribution in [0, 0.1) is 0 Å². The fourth-order valence-electron chi connectivity index (χ4n) is 1.20. The highest BCUT2D eigenvalue weighted by Crippen LogP contribution is 2.33. The molecule has 84 valence electrons. The van der Waals surface area contributed by atoms with Crippen LogP contribution in [0.15, 0.2) is 18.2 Å². The molecule has 8 heteroatoms. The summed E-state index contributed by atoms with van der Waals surface area (Å²) in [5.74, 6) is 0.0311. The van der Waals surface area contributed by atoms with E-state index in [2.05, 4.69) is 20.6 Å². The Hall–Kier alpha value is -2.12. The number of anilines is 1. The van der Waals surface area contributed by atoms with E-state index < -0.39 is 11.7 Å². The third kappa shape index (κ3) is 1.81. The second-order valence-corrected chi connectivity index (χ2v) is 3.04. The van der Waals surface area contributed by atoms with Gasteiger partial charge in [0.2, 0.25) is 5.82 Å². The molecule has 0 saturated carbocycles. The minimum atomic E-state index is -4.42. The molecule has 0 atom stereocenters. The first-order valence-electron chi connectivity index (χ1n) is 4.19. The molecule has 16 heavy (non-hydrogen) atoms. The fraction of sp³-hybridized carbons (Fsp3) is 0.125. The van der Waals surface area contributed by atoms with Gasteiger partial charge in [0.15, 0.2) is 0 Å². The number of rotatable bonds is 1. The number of aromatic nitrogens is 4. The number of nitrogens with two attached hydrogens (primary N) is 1. The van der Waals surface area contributed by atoms with E-state index in [9.17, 15) is 13.2 Å². The summed E-state index contributed by atoms with van der Waals surface area (Å²) >= 11 is 0. The lowest BCUT2D eigenvalue weighted by molar-refractivity contribution is -0.137. The first-order valence-corrected chi connectivity index (χ1v) is 4.19. The van der Waals surface area contributed by atoms with Crippen molar-refractivity contribution in [3.63, 3.8) is 0 Å². The molecule has 1 aromatic carbocycles. The number of H-pyrrole nitrogens is 1. The summed E-state index contributed by atoms with van der Waals surface area (Å²) in [5, 5.41) is 12.6. The number of nitrogens with zero attached hydrogens (tertiary/aromatic N) is 3. The largest absolute Gasteiger partial charge is 0.416 e. The molecule has 0 aliphatic rings. The van der Waals surface area contributed by atoms with Crippen LogP contribution >= 0.6 is 0 Å². The minimum Gasteiger partial charge on any atom is -0.398 e. The number of alkyl halides is 3. The van der Waals surface area contributed by atoms with E-state index >= 15 is 0 Å². The third-order valence-corrected chi connectivity index (χ3v) is 1.97. The number of nitrogen functional groups attached to an aromatic ring is 1. The molecule has 0 aliphatic heterocycles. The Kier molecular flexibility index (Phi) is 2.26. The first-order chi connectivity index (χ1) is 7.48. The Bertz CT molecular complexity index is 491. The van der Waals surface area contributed by atoms with Gasteiger partial charge in [0.25, 0.3) is 0 Å². The molecule has 0 saturated heterocycles. The highest BCUT2D eigenvalue weighted by Gasteiger charge is 2.31. The molecule has 0 amide bonds. The molecule has 0 bridgehead atoms. The van der Waals surface area contributed by atoms with Gasteiger partial charge in [-0.3, -0.25) is 0 Å². The van der Waals surface area contributed by atoms with Crippen LogP contribution in [-0.4, -0.2) is 20.6 Å². The number of hydrogen-bond acceptors (Lipinski definition) is 4. The summed E-state index contributed by atoms with van der Waals surface area (Å²) in [4.78, 5) is 0. The number of tetrazole rings is 1. The monoisotopic (exact) mass is 229 g/mol. The zero-order valence-electron chi connectivity index (χ0n) is 7.78. The third-order valence-electron chi connectivity index (χ3n) is 1.97. The van der Waals surface area contributed by atoms with Crippen LogP contribution in [-0.2, 0) is 6.18 Å². The van der Waals surface area contributed by atoms with Gasteiger partial charge in [0.1, 0.15) is 0 Å². The maximum Gasteiger partial charge on any atom is 0.416 e. The van der Waals surface area contributed by atoms with E-state index in [-0.39, 0.29) is 17.1 Å². The van der Waals surface area contributed by atoms with Crippen molar-refractivity contribution in [2.45, 2.75) is 6.18 Å². The second-order valence-electron chi connectivity index (χ2n) is 3.04. The maximum absolute atomic E-state index is 12.4. The van der Waals surface area contributed by atoms with Crippen molar-refractivity contribution in [3.8, 4) is 11.4 Å². The van der Waals surface area contributed by atoms with Crippen molar-refractivity contribution >= 4 is 5.69 Å². The van der Waals surface area contributed by atoms with Crippen molar-refractivity contribution < 1.29 is 13.2 Å². The summed E-state index contributed by atoms with van der Waals surface area (Å²) in [7, 11) is 0. The molecule has 2 rings (SSSR count). The highest BCUT2D eigenvalue weighted by molar-refractivity contribution is 5.71. The Labute approximate surface area is 87.5 Å². The zero-order chi connectivity index (χ0) is 11.8. The number of hydrogen-bond donors (Lipinski definition) is 2. The van der Waals surface area contributed by atoms with Crippen molar-refractivity contribution in [1.29, 1.82) is 0 Å². The minimum absolute atomic E-state index is 0.0311. The Morgan fingerprint density at radius 2 is 2.00 bits per heavy atom. The summed E-state index contributed by atoms with van der Waals surface area (Å²) in [5.41, 5.74) is 4.99. The lowest BCUT2D eigenvalue weighted by Gasteiger charge is -2.08. The quantitative estimate of drug-likeness (QED) is 0.725.